The molecule has 14 rings (SSSR count). The third-order valence-electron chi connectivity index (χ3n) is 13.8. The van der Waals surface area contributed by atoms with Gasteiger partial charge >= 0.3 is 0 Å². The van der Waals surface area contributed by atoms with Crippen LogP contribution in [0.25, 0.3) is 129 Å². The fourth-order valence-electron chi connectivity index (χ4n) is 10.2. The molecule has 73 heavy (non-hydrogen) atoms. The van der Waals surface area contributed by atoms with Crippen molar-refractivity contribution in [3.63, 3.8) is 0 Å². The van der Waals surface area contributed by atoms with E-state index in [1.807, 2.05) is 84.9 Å². The zero-order valence-corrected chi connectivity index (χ0v) is 39.3. The molecule has 10 aromatic carbocycles. The monoisotopic (exact) mass is 934 g/mol. The highest BCUT2D eigenvalue weighted by Gasteiger charge is 2.21. The Morgan fingerprint density at radius 3 is 1.01 bits per heavy atom. The van der Waals surface area contributed by atoms with Gasteiger partial charge in [-0.05, 0) is 95.1 Å². The molecular formula is C65H42N8. The normalized spacial score (nSPS) is 11.6. The number of rotatable bonds is 9. The van der Waals surface area contributed by atoms with Gasteiger partial charge in [-0.3, -0.25) is 13.7 Å². The molecule has 0 bridgehead atoms. The van der Waals surface area contributed by atoms with Crippen LogP contribution in [0.3, 0.4) is 0 Å². The van der Waals surface area contributed by atoms with Gasteiger partial charge in [-0.15, -0.1) is 0 Å². The van der Waals surface area contributed by atoms with Crippen LogP contribution in [-0.2, 0) is 0 Å². The van der Waals surface area contributed by atoms with Gasteiger partial charge in [0.2, 0.25) is 5.95 Å². The molecule has 0 spiro atoms. The van der Waals surface area contributed by atoms with Gasteiger partial charge in [0, 0.05) is 44.4 Å². The van der Waals surface area contributed by atoms with Crippen LogP contribution in [0, 0.1) is 0 Å². The van der Waals surface area contributed by atoms with Gasteiger partial charge in [0.05, 0.1) is 33.1 Å². The summed E-state index contributed by atoms with van der Waals surface area (Å²) in [5, 5.41) is 2.17. The quantitative estimate of drug-likeness (QED) is 0.144. The predicted molar refractivity (Wildman–Crippen MR) is 296 cm³/mol. The fourth-order valence-corrected chi connectivity index (χ4v) is 10.2. The molecule has 4 aromatic heterocycles. The number of fused-ring (bicyclic) bond motifs is 5. The number of benzene rings is 10. The third-order valence-corrected chi connectivity index (χ3v) is 13.8. The van der Waals surface area contributed by atoms with Crippen molar-refractivity contribution in [3.05, 3.63) is 255 Å². The summed E-state index contributed by atoms with van der Waals surface area (Å²) in [7, 11) is 0. The van der Waals surface area contributed by atoms with Gasteiger partial charge in [0.15, 0.2) is 11.6 Å². The van der Waals surface area contributed by atoms with Crippen molar-refractivity contribution in [2.24, 2.45) is 0 Å². The Morgan fingerprint density at radius 1 is 0.233 bits per heavy atom. The van der Waals surface area contributed by atoms with Crippen LogP contribution in [-0.4, -0.2) is 38.6 Å². The highest BCUT2D eigenvalue weighted by atomic mass is 15.2. The Bertz CT molecular complexity index is 4060. The average Bonchev–Trinajstić information content (AvgIpc) is 4.16. The summed E-state index contributed by atoms with van der Waals surface area (Å²) < 4.78 is 6.67. The molecule has 0 amide bonds. The Labute approximate surface area is 420 Å². The van der Waals surface area contributed by atoms with E-state index >= 15 is 0 Å². The Hall–Kier alpha value is -10.1. The van der Waals surface area contributed by atoms with E-state index in [1.54, 1.807) is 0 Å². The number of hydrogen-bond acceptors (Lipinski definition) is 5. The van der Waals surface area contributed by atoms with E-state index in [-0.39, 0.29) is 0 Å². The summed E-state index contributed by atoms with van der Waals surface area (Å²) in [6.07, 6.45) is 0. The Balaban J connectivity index is 0.916. The molecule has 0 fully saturated rings. The first-order chi connectivity index (χ1) is 36.2. The predicted octanol–water partition coefficient (Wildman–Crippen LogP) is 15.6. The first-order valence-corrected chi connectivity index (χ1v) is 24.4. The minimum atomic E-state index is 0.546. The molecule has 8 heteroatoms. The summed E-state index contributed by atoms with van der Waals surface area (Å²) >= 11 is 0. The lowest BCUT2D eigenvalue weighted by Gasteiger charge is -2.11. The molecule has 0 atom stereocenters. The van der Waals surface area contributed by atoms with Crippen molar-refractivity contribution in [3.8, 4) is 85.1 Å². The summed E-state index contributed by atoms with van der Waals surface area (Å²) in [6, 6.07) is 88.7. The van der Waals surface area contributed by atoms with Crippen LogP contribution in [0.1, 0.15) is 0 Å². The minimum Gasteiger partial charge on any atom is -0.292 e. The maximum absolute atomic E-state index is 5.22. The van der Waals surface area contributed by atoms with Gasteiger partial charge in [-0.25, -0.2) is 15.0 Å². The zero-order valence-electron chi connectivity index (χ0n) is 39.3. The SMILES string of the molecule is c1ccc(-c2nc(-c3ccccc3)nc(-n3c4ccc(-c5ccc(-c6nc7ccccc7n6-c6ccccc6)cc5)cc4c4cc(-c5ccc(-c6nc7ccccc7n6-c6ccccc6)cc5)ccc43)n2)cc1. The van der Waals surface area contributed by atoms with Gasteiger partial charge < -0.3 is 0 Å². The standard InChI is InChI=1S/C65H42N8/c1-5-17-45(18-6-1)61-68-62(46-19-7-2-8-20-46)70-65(69-61)73-57-39-37-49(43-29-33-47(34-30-43)63-66-55-25-13-15-27-59(55)71(63)51-21-9-3-10-22-51)41-53(57)54-42-50(38-40-58(54)73)44-31-35-48(36-32-44)64-67-56-26-14-16-28-60(56)72(64)52-23-11-4-12-24-52/h1-42H. The second kappa shape index (κ2) is 17.4. The van der Waals surface area contributed by atoms with Crippen molar-refractivity contribution in [2.75, 3.05) is 0 Å². The number of aromatic nitrogens is 8. The molecule has 0 unspecified atom stereocenters. The average molecular weight is 935 g/mol. The van der Waals surface area contributed by atoms with Crippen LogP contribution < -0.4 is 0 Å². The molecule has 0 radical (unpaired) electrons. The minimum absolute atomic E-state index is 0.546. The maximum atomic E-state index is 5.22. The van der Waals surface area contributed by atoms with Crippen LogP contribution in [0.4, 0.5) is 0 Å². The third kappa shape index (κ3) is 7.36. The lowest BCUT2D eigenvalue weighted by molar-refractivity contribution is 0.953. The van der Waals surface area contributed by atoms with E-state index in [2.05, 4.69) is 184 Å². The highest BCUT2D eigenvalue weighted by Crippen LogP contribution is 2.39. The van der Waals surface area contributed by atoms with Gasteiger partial charge in [-0.2, -0.15) is 9.97 Å². The number of para-hydroxylation sites is 6. The van der Waals surface area contributed by atoms with E-state index in [9.17, 15) is 0 Å². The number of nitrogens with zero attached hydrogens (tertiary/aromatic N) is 8. The first-order valence-electron chi connectivity index (χ1n) is 24.4. The second-order valence-electron chi connectivity index (χ2n) is 18.2. The molecular weight excluding hydrogens is 893 g/mol. The molecule has 0 aliphatic heterocycles. The van der Waals surface area contributed by atoms with E-state index in [0.29, 0.717) is 17.6 Å². The largest absolute Gasteiger partial charge is 0.292 e. The van der Waals surface area contributed by atoms with E-state index in [1.165, 1.54) is 0 Å². The molecule has 4 heterocycles. The van der Waals surface area contributed by atoms with E-state index in [4.69, 9.17) is 24.9 Å². The zero-order chi connectivity index (χ0) is 48.2. The van der Waals surface area contributed by atoms with Crippen molar-refractivity contribution in [1.82, 2.24) is 38.6 Å². The van der Waals surface area contributed by atoms with Crippen molar-refractivity contribution < 1.29 is 0 Å². The fraction of sp³-hybridized carbons (Fsp3) is 0. The van der Waals surface area contributed by atoms with Crippen LogP contribution in [0.15, 0.2) is 255 Å². The van der Waals surface area contributed by atoms with Gasteiger partial charge in [-0.1, -0.05) is 182 Å². The molecule has 0 saturated heterocycles. The number of hydrogen-bond donors (Lipinski definition) is 0. The molecule has 0 saturated carbocycles. The van der Waals surface area contributed by atoms with Crippen LogP contribution >= 0.6 is 0 Å². The summed E-state index contributed by atoms with van der Waals surface area (Å²) in [4.78, 5) is 25.8. The highest BCUT2D eigenvalue weighted by molar-refractivity contribution is 6.11. The molecule has 8 nitrogen and oxygen atoms in total. The summed E-state index contributed by atoms with van der Waals surface area (Å²) in [6.45, 7) is 0. The smallest absolute Gasteiger partial charge is 0.238 e. The van der Waals surface area contributed by atoms with Crippen molar-refractivity contribution in [2.45, 2.75) is 0 Å². The maximum Gasteiger partial charge on any atom is 0.238 e. The Kier molecular flexibility index (Phi) is 9.99. The van der Waals surface area contributed by atoms with Crippen LogP contribution in [0.2, 0.25) is 0 Å². The molecule has 0 aliphatic carbocycles. The lowest BCUT2D eigenvalue weighted by atomic mass is 9.99. The molecule has 0 aliphatic rings. The first kappa shape index (κ1) is 41.9. The Morgan fingerprint density at radius 2 is 0.589 bits per heavy atom. The second-order valence-corrected chi connectivity index (χ2v) is 18.2. The number of imidazole rings is 2. The van der Waals surface area contributed by atoms with Gasteiger partial charge in [0.1, 0.15) is 11.6 Å². The summed E-state index contributed by atoms with van der Waals surface area (Å²) in [5.41, 5.74) is 16.5. The summed E-state index contributed by atoms with van der Waals surface area (Å²) in [5.74, 6) is 3.55. The van der Waals surface area contributed by atoms with Gasteiger partial charge in [0.25, 0.3) is 0 Å². The van der Waals surface area contributed by atoms with Crippen LogP contribution in [0.5, 0.6) is 0 Å². The molecule has 0 N–H and O–H groups in total. The lowest BCUT2D eigenvalue weighted by Crippen LogP contribution is -2.06. The van der Waals surface area contributed by atoms with Crippen molar-refractivity contribution in [1.29, 1.82) is 0 Å². The van der Waals surface area contributed by atoms with E-state index in [0.717, 1.165) is 111 Å². The molecule has 14 aromatic rings. The topological polar surface area (TPSA) is 79.2 Å². The van der Waals surface area contributed by atoms with Crippen molar-refractivity contribution >= 4 is 43.9 Å². The van der Waals surface area contributed by atoms with E-state index < -0.39 is 0 Å². The molecule has 342 valence electrons.